The standard InChI is InChI=1S/C8H9Br2F3N2/c1-7(2,3)15-6(10)4(9)5(14-15)8(11,12)13/h1-3H3. The molecule has 1 aromatic rings. The number of hydrogen-bond acceptors (Lipinski definition) is 1. The molecule has 15 heavy (non-hydrogen) atoms. The van der Waals surface area contributed by atoms with Gasteiger partial charge in [0.2, 0.25) is 0 Å². The van der Waals surface area contributed by atoms with Crippen molar-refractivity contribution in [3.8, 4) is 0 Å². The van der Waals surface area contributed by atoms with Gasteiger partial charge in [0.15, 0.2) is 5.69 Å². The Morgan fingerprint density at radius 3 is 1.80 bits per heavy atom. The topological polar surface area (TPSA) is 17.8 Å². The van der Waals surface area contributed by atoms with Crippen LogP contribution in [0.4, 0.5) is 13.2 Å². The third-order valence-corrected chi connectivity index (χ3v) is 3.69. The summed E-state index contributed by atoms with van der Waals surface area (Å²) in [6, 6.07) is 0. The Bertz CT molecular complexity index is 342. The summed E-state index contributed by atoms with van der Waals surface area (Å²) in [5, 5.41) is 3.55. The Morgan fingerprint density at radius 1 is 1.13 bits per heavy atom. The first-order valence-corrected chi connectivity index (χ1v) is 5.65. The summed E-state index contributed by atoms with van der Waals surface area (Å²) >= 11 is 5.96. The molecule has 1 heterocycles. The fourth-order valence-corrected chi connectivity index (χ4v) is 2.28. The van der Waals surface area contributed by atoms with Crippen LogP contribution in [-0.4, -0.2) is 9.78 Å². The minimum absolute atomic E-state index is 0.0649. The van der Waals surface area contributed by atoms with E-state index in [1.54, 1.807) is 20.8 Å². The molecular formula is C8H9Br2F3N2. The lowest BCUT2D eigenvalue weighted by Crippen LogP contribution is -2.24. The van der Waals surface area contributed by atoms with Gasteiger partial charge in [-0.15, -0.1) is 0 Å². The Labute approximate surface area is 102 Å². The zero-order valence-electron chi connectivity index (χ0n) is 8.28. The second-order valence-corrected chi connectivity index (χ2v) is 5.58. The van der Waals surface area contributed by atoms with Crippen molar-refractivity contribution in [1.82, 2.24) is 9.78 Å². The van der Waals surface area contributed by atoms with E-state index in [-0.39, 0.29) is 4.47 Å². The molecular weight excluding hydrogens is 341 g/mol. The van der Waals surface area contributed by atoms with Crippen molar-refractivity contribution in [3.63, 3.8) is 0 Å². The maximum atomic E-state index is 12.5. The molecule has 1 rings (SSSR count). The van der Waals surface area contributed by atoms with Crippen molar-refractivity contribution in [1.29, 1.82) is 0 Å². The van der Waals surface area contributed by atoms with Gasteiger partial charge in [-0.05, 0) is 52.6 Å². The van der Waals surface area contributed by atoms with Crippen LogP contribution >= 0.6 is 31.9 Å². The number of aromatic nitrogens is 2. The molecule has 0 atom stereocenters. The Kier molecular flexibility index (Phi) is 3.27. The van der Waals surface area contributed by atoms with Crippen molar-refractivity contribution in [2.24, 2.45) is 0 Å². The Morgan fingerprint density at radius 2 is 1.60 bits per heavy atom. The van der Waals surface area contributed by atoms with Crippen LogP contribution in [0.2, 0.25) is 0 Å². The number of halogens is 5. The average molecular weight is 350 g/mol. The van der Waals surface area contributed by atoms with Crippen LogP contribution in [0.15, 0.2) is 9.08 Å². The quantitative estimate of drug-likeness (QED) is 0.687. The smallest absolute Gasteiger partial charge is 0.251 e. The molecule has 0 aromatic carbocycles. The van der Waals surface area contributed by atoms with E-state index in [2.05, 4.69) is 37.0 Å². The molecule has 0 aliphatic heterocycles. The van der Waals surface area contributed by atoms with Gasteiger partial charge >= 0.3 is 6.18 Å². The second-order valence-electron chi connectivity index (χ2n) is 4.03. The number of alkyl halides is 3. The van der Waals surface area contributed by atoms with E-state index in [4.69, 9.17) is 0 Å². The maximum Gasteiger partial charge on any atom is 0.436 e. The van der Waals surface area contributed by atoms with Gasteiger partial charge in [-0.1, -0.05) is 0 Å². The van der Waals surface area contributed by atoms with E-state index >= 15 is 0 Å². The third-order valence-electron chi connectivity index (χ3n) is 1.68. The van der Waals surface area contributed by atoms with Crippen LogP contribution in [0, 0.1) is 0 Å². The number of nitrogens with zero attached hydrogens (tertiary/aromatic N) is 2. The van der Waals surface area contributed by atoms with Gasteiger partial charge in [0, 0.05) is 0 Å². The normalized spacial score (nSPS) is 13.3. The van der Waals surface area contributed by atoms with Crippen molar-refractivity contribution in [2.75, 3.05) is 0 Å². The molecule has 0 fully saturated rings. The summed E-state index contributed by atoms with van der Waals surface area (Å²) in [5.41, 5.74) is -1.42. The highest BCUT2D eigenvalue weighted by Crippen LogP contribution is 2.39. The highest BCUT2D eigenvalue weighted by atomic mass is 79.9. The van der Waals surface area contributed by atoms with Gasteiger partial charge < -0.3 is 0 Å². The summed E-state index contributed by atoms with van der Waals surface area (Å²) in [6.45, 7) is 5.33. The monoisotopic (exact) mass is 348 g/mol. The lowest BCUT2D eigenvalue weighted by Gasteiger charge is -2.20. The van der Waals surface area contributed by atoms with E-state index < -0.39 is 17.4 Å². The minimum atomic E-state index is -4.45. The zero-order chi connectivity index (χ0) is 12.0. The first kappa shape index (κ1) is 13.0. The van der Waals surface area contributed by atoms with Crippen LogP contribution in [0.1, 0.15) is 26.5 Å². The molecule has 0 unspecified atom stereocenters. The van der Waals surface area contributed by atoms with Crippen molar-refractivity contribution < 1.29 is 13.2 Å². The molecule has 2 nitrogen and oxygen atoms in total. The third kappa shape index (κ3) is 2.55. The van der Waals surface area contributed by atoms with Crippen LogP contribution in [0.3, 0.4) is 0 Å². The predicted molar refractivity (Wildman–Crippen MR) is 57.6 cm³/mol. The molecule has 0 spiro atoms. The largest absolute Gasteiger partial charge is 0.436 e. The molecule has 86 valence electrons. The fraction of sp³-hybridized carbons (Fsp3) is 0.625. The SMILES string of the molecule is CC(C)(C)n1nc(C(F)(F)F)c(Br)c1Br. The summed E-state index contributed by atoms with van der Waals surface area (Å²) in [4.78, 5) is 0. The zero-order valence-corrected chi connectivity index (χ0v) is 11.5. The molecule has 0 amide bonds. The van der Waals surface area contributed by atoms with Crippen molar-refractivity contribution in [2.45, 2.75) is 32.5 Å². The van der Waals surface area contributed by atoms with Crippen LogP contribution in [0.25, 0.3) is 0 Å². The summed E-state index contributed by atoms with van der Waals surface area (Å²) in [7, 11) is 0. The van der Waals surface area contributed by atoms with Crippen LogP contribution in [0.5, 0.6) is 0 Å². The van der Waals surface area contributed by atoms with E-state index in [0.29, 0.717) is 4.60 Å². The van der Waals surface area contributed by atoms with Gasteiger partial charge in [-0.3, -0.25) is 4.68 Å². The molecule has 1 aromatic heterocycles. The van der Waals surface area contributed by atoms with Crippen molar-refractivity contribution in [3.05, 3.63) is 14.8 Å². The molecule has 0 saturated heterocycles. The first-order chi connectivity index (χ1) is 6.55. The predicted octanol–water partition coefficient (Wildman–Crippen LogP) is 4.18. The summed E-state index contributed by atoms with van der Waals surface area (Å²) < 4.78 is 39.0. The van der Waals surface area contributed by atoms with Gasteiger partial charge in [0.05, 0.1) is 10.0 Å². The van der Waals surface area contributed by atoms with Crippen LogP contribution < -0.4 is 0 Å². The Balaban J connectivity index is 3.38. The van der Waals surface area contributed by atoms with Crippen LogP contribution in [-0.2, 0) is 11.7 Å². The minimum Gasteiger partial charge on any atom is -0.251 e. The number of rotatable bonds is 0. The van der Waals surface area contributed by atoms with Gasteiger partial charge in [-0.2, -0.15) is 18.3 Å². The molecule has 0 aliphatic rings. The summed E-state index contributed by atoms with van der Waals surface area (Å²) in [6.07, 6.45) is -4.45. The molecule has 7 heteroatoms. The molecule has 0 bridgehead atoms. The lowest BCUT2D eigenvalue weighted by molar-refractivity contribution is -0.142. The average Bonchev–Trinajstić information content (AvgIpc) is 2.26. The van der Waals surface area contributed by atoms with E-state index in [1.165, 1.54) is 4.68 Å². The molecule has 0 saturated carbocycles. The fourth-order valence-electron chi connectivity index (χ4n) is 1.00. The number of hydrogen-bond donors (Lipinski definition) is 0. The maximum absolute atomic E-state index is 12.5. The molecule has 0 radical (unpaired) electrons. The molecule has 0 aliphatic carbocycles. The lowest BCUT2D eigenvalue weighted by atomic mass is 10.1. The van der Waals surface area contributed by atoms with Crippen molar-refractivity contribution >= 4 is 31.9 Å². The van der Waals surface area contributed by atoms with Gasteiger partial charge in [0.25, 0.3) is 0 Å². The van der Waals surface area contributed by atoms with E-state index in [9.17, 15) is 13.2 Å². The Hall–Kier alpha value is -0.0400. The van der Waals surface area contributed by atoms with Gasteiger partial charge in [0.1, 0.15) is 4.60 Å². The second kappa shape index (κ2) is 3.76. The van der Waals surface area contributed by atoms with E-state index in [1.807, 2.05) is 0 Å². The van der Waals surface area contributed by atoms with E-state index in [0.717, 1.165) is 0 Å². The summed E-state index contributed by atoms with van der Waals surface area (Å²) in [5.74, 6) is 0. The molecule has 0 N–H and O–H groups in total. The first-order valence-electron chi connectivity index (χ1n) is 4.07. The highest BCUT2D eigenvalue weighted by molar-refractivity contribution is 9.13. The highest BCUT2D eigenvalue weighted by Gasteiger charge is 2.39. The van der Waals surface area contributed by atoms with Gasteiger partial charge in [-0.25, -0.2) is 0 Å².